The van der Waals surface area contributed by atoms with E-state index in [1.165, 1.54) is 0 Å². The number of nitrogens with zero attached hydrogens (tertiary/aromatic N) is 1. The minimum absolute atomic E-state index is 0.0301. The molecule has 0 aromatic carbocycles. The number of hydrogen-bond acceptors (Lipinski definition) is 6. The average molecular weight is 327 g/mol. The van der Waals surface area contributed by atoms with E-state index in [0.29, 0.717) is 32.7 Å². The van der Waals surface area contributed by atoms with E-state index >= 15 is 0 Å². The highest BCUT2D eigenvalue weighted by Gasteiger charge is 2.64. The molecule has 0 radical (unpaired) electrons. The Morgan fingerprint density at radius 1 is 1.17 bits per heavy atom. The van der Waals surface area contributed by atoms with Crippen LogP contribution in [0.5, 0.6) is 0 Å². The van der Waals surface area contributed by atoms with Crippen molar-refractivity contribution in [2.24, 2.45) is 5.41 Å². The smallest absolute Gasteiger partial charge is 0.306 e. The van der Waals surface area contributed by atoms with Crippen LogP contribution in [0.3, 0.4) is 0 Å². The third kappa shape index (κ3) is 3.08. The van der Waals surface area contributed by atoms with Gasteiger partial charge >= 0.3 is 5.97 Å². The first kappa shape index (κ1) is 16.6. The van der Waals surface area contributed by atoms with Gasteiger partial charge in [0.15, 0.2) is 5.79 Å². The molecule has 0 aromatic heterocycles. The van der Waals surface area contributed by atoms with Gasteiger partial charge in [-0.15, -0.1) is 0 Å². The molecule has 0 bridgehead atoms. The molecule has 0 amide bonds. The van der Waals surface area contributed by atoms with E-state index in [0.717, 1.165) is 25.7 Å². The molecule has 3 rings (SSSR count). The Morgan fingerprint density at radius 3 is 2.30 bits per heavy atom. The maximum atomic E-state index is 11.6. The van der Waals surface area contributed by atoms with E-state index in [2.05, 4.69) is 0 Å². The SMILES string of the molecule is CCOC(=O)CCC1([N+](=O)[O-])CC2(CCC3(CC2)OCCO3)C1. The average Bonchev–Trinajstić information content (AvgIpc) is 2.93. The number of nitro groups is 1. The van der Waals surface area contributed by atoms with Gasteiger partial charge < -0.3 is 14.2 Å². The van der Waals surface area contributed by atoms with Crippen LogP contribution in [0.2, 0.25) is 0 Å². The van der Waals surface area contributed by atoms with E-state index in [4.69, 9.17) is 14.2 Å². The molecule has 130 valence electrons. The van der Waals surface area contributed by atoms with Crippen LogP contribution < -0.4 is 0 Å². The second-order valence-electron chi connectivity index (χ2n) is 7.25. The Morgan fingerprint density at radius 2 is 1.78 bits per heavy atom. The minimum atomic E-state index is -0.950. The summed E-state index contributed by atoms with van der Waals surface area (Å²) in [5.41, 5.74) is -0.920. The number of ether oxygens (including phenoxy) is 3. The Labute approximate surface area is 135 Å². The van der Waals surface area contributed by atoms with Crippen molar-refractivity contribution in [1.29, 1.82) is 0 Å². The van der Waals surface area contributed by atoms with Gasteiger partial charge in [0, 0.05) is 37.0 Å². The van der Waals surface area contributed by atoms with E-state index in [1.54, 1.807) is 6.92 Å². The molecule has 1 saturated heterocycles. The van der Waals surface area contributed by atoms with Crippen molar-refractivity contribution in [1.82, 2.24) is 0 Å². The Kier molecular flexibility index (Phi) is 4.35. The zero-order chi connectivity index (χ0) is 16.6. The summed E-state index contributed by atoms with van der Waals surface area (Å²) in [5, 5.41) is 11.6. The maximum absolute atomic E-state index is 11.6. The zero-order valence-electron chi connectivity index (χ0n) is 13.7. The number of hydrogen-bond donors (Lipinski definition) is 0. The Hall–Kier alpha value is -1.21. The summed E-state index contributed by atoms with van der Waals surface area (Å²) in [7, 11) is 0. The highest BCUT2D eigenvalue weighted by molar-refractivity contribution is 5.69. The second-order valence-corrected chi connectivity index (χ2v) is 7.25. The first-order valence-electron chi connectivity index (χ1n) is 8.51. The second kappa shape index (κ2) is 6.02. The topological polar surface area (TPSA) is 87.9 Å². The zero-order valence-corrected chi connectivity index (χ0v) is 13.7. The molecule has 2 aliphatic carbocycles. The van der Waals surface area contributed by atoms with Gasteiger partial charge in [0.05, 0.1) is 26.2 Å². The molecule has 0 N–H and O–H groups in total. The molecule has 7 nitrogen and oxygen atoms in total. The summed E-state index contributed by atoms with van der Waals surface area (Å²) < 4.78 is 16.4. The van der Waals surface area contributed by atoms with E-state index in [-0.39, 0.29) is 29.1 Å². The summed E-state index contributed by atoms with van der Waals surface area (Å²) >= 11 is 0. The fourth-order valence-corrected chi connectivity index (χ4v) is 4.61. The van der Waals surface area contributed by atoms with Gasteiger partial charge in [-0.2, -0.15) is 0 Å². The van der Waals surface area contributed by atoms with Crippen molar-refractivity contribution >= 4 is 5.97 Å². The molecule has 3 aliphatic rings. The molecular formula is C16H25NO6. The van der Waals surface area contributed by atoms with Gasteiger partial charge in [-0.25, -0.2) is 0 Å². The van der Waals surface area contributed by atoms with Crippen LogP contribution >= 0.6 is 0 Å². The maximum Gasteiger partial charge on any atom is 0.306 e. The van der Waals surface area contributed by atoms with Crippen LogP contribution in [-0.4, -0.2) is 42.0 Å². The lowest BCUT2D eigenvalue weighted by atomic mass is 9.50. The highest BCUT2D eigenvalue weighted by atomic mass is 16.7. The van der Waals surface area contributed by atoms with Gasteiger partial charge in [-0.3, -0.25) is 14.9 Å². The third-order valence-electron chi connectivity index (χ3n) is 5.78. The fraction of sp³-hybridized carbons (Fsp3) is 0.938. The predicted octanol–water partition coefficient (Wildman–Crippen LogP) is 2.44. The summed E-state index contributed by atoms with van der Waals surface area (Å²) in [6.45, 7) is 3.34. The van der Waals surface area contributed by atoms with Crippen LogP contribution in [-0.2, 0) is 19.0 Å². The van der Waals surface area contributed by atoms with Crippen LogP contribution in [0, 0.1) is 15.5 Å². The largest absolute Gasteiger partial charge is 0.466 e. The lowest BCUT2D eigenvalue weighted by Crippen LogP contribution is -2.59. The Bertz CT molecular complexity index is 467. The molecule has 3 fully saturated rings. The van der Waals surface area contributed by atoms with Crippen LogP contribution in [0.1, 0.15) is 58.3 Å². The number of carbonyl (C=O) groups is 1. The van der Waals surface area contributed by atoms with E-state index in [1.807, 2.05) is 0 Å². The molecule has 0 aromatic rings. The van der Waals surface area contributed by atoms with Gasteiger partial charge in [-0.1, -0.05) is 0 Å². The molecule has 0 unspecified atom stereocenters. The molecule has 23 heavy (non-hydrogen) atoms. The first-order valence-corrected chi connectivity index (χ1v) is 8.51. The monoisotopic (exact) mass is 327 g/mol. The molecule has 2 spiro atoms. The first-order chi connectivity index (χ1) is 10.9. The number of rotatable bonds is 5. The quantitative estimate of drug-likeness (QED) is 0.438. The fourth-order valence-electron chi connectivity index (χ4n) is 4.61. The molecule has 0 atom stereocenters. The number of carbonyl (C=O) groups excluding carboxylic acids is 1. The lowest BCUT2D eigenvalue weighted by molar-refractivity contribution is -0.600. The van der Waals surface area contributed by atoms with Gasteiger partial charge in [0.25, 0.3) is 0 Å². The summed E-state index contributed by atoms with van der Waals surface area (Å²) in [5.74, 6) is -0.770. The van der Waals surface area contributed by atoms with Crippen LogP contribution in [0.25, 0.3) is 0 Å². The van der Waals surface area contributed by atoms with Crippen molar-refractivity contribution in [2.45, 2.75) is 69.6 Å². The van der Waals surface area contributed by atoms with Crippen LogP contribution in [0.15, 0.2) is 0 Å². The molecule has 1 aliphatic heterocycles. The van der Waals surface area contributed by atoms with Crippen molar-refractivity contribution in [3.63, 3.8) is 0 Å². The van der Waals surface area contributed by atoms with Crippen molar-refractivity contribution < 1.29 is 23.9 Å². The Balaban J connectivity index is 1.56. The summed E-state index contributed by atoms with van der Waals surface area (Å²) in [6, 6.07) is 0. The summed E-state index contributed by atoms with van der Waals surface area (Å²) in [6.07, 6.45) is 4.96. The highest BCUT2D eigenvalue weighted by Crippen LogP contribution is 2.61. The molecule has 1 heterocycles. The molecule has 7 heteroatoms. The van der Waals surface area contributed by atoms with Crippen LogP contribution in [0.4, 0.5) is 0 Å². The van der Waals surface area contributed by atoms with Gasteiger partial charge in [0.2, 0.25) is 5.54 Å². The molecule has 2 saturated carbocycles. The van der Waals surface area contributed by atoms with E-state index in [9.17, 15) is 14.9 Å². The van der Waals surface area contributed by atoms with Gasteiger partial charge in [-0.05, 0) is 25.2 Å². The van der Waals surface area contributed by atoms with Crippen molar-refractivity contribution in [3.8, 4) is 0 Å². The lowest BCUT2D eigenvalue weighted by Gasteiger charge is -2.54. The minimum Gasteiger partial charge on any atom is -0.466 e. The summed E-state index contributed by atoms with van der Waals surface area (Å²) in [4.78, 5) is 22.9. The van der Waals surface area contributed by atoms with E-state index < -0.39 is 11.3 Å². The van der Waals surface area contributed by atoms with Crippen molar-refractivity contribution in [3.05, 3.63) is 10.1 Å². The van der Waals surface area contributed by atoms with Crippen molar-refractivity contribution in [2.75, 3.05) is 19.8 Å². The predicted molar refractivity (Wildman–Crippen MR) is 80.4 cm³/mol. The van der Waals surface area contributed by atoms with Gasteiger partial charge in [0.1, 0.15) is 0 Å². The number of esters is 1. The molecular weight excluding hydrogens is 302 g/mol. The third-order valence-corrected chi connectivity index (χ3v) is 5.78. The standard InChI is InChI=1S/C16H25NO6/c1-2-21-13(18)3-4-15(17(19)20)11-14(12-15)5-7-16(8-6-14)22-9-10-23-16/h2-12H2,1H3. The normalized spacial score (nSPS) is 26.8.